The van der Waals surface area contributed by atoms with Crippen molar-refractivity contribution in [3.05, 3.63) is 42.0 Å². The number of rotatable bonds is 2. The second kappa shape index (κ2) is 11.3. The Balaban J connectivity index is 0. The number of fused-ring (bicyclic) bond motifs is 1. The van der Waals surface area contributed by atoms with Gasteiger partial charge in [-0.3, -0.25) is 0 Å². The number of benzene rings is 1. The van der Waals surface area contributed by atoms with E-state index < -0.39 is 0 Å². The molecule has 0 saturated carbocycles. The van der Waals surface area contributed by atoms with Gasteiger partial charge in [-0.05, 0) is 6.42 Å². The molecule has 0 fully saturated rings. The van der Waals surface area contributed by atoms with E-state index in [-0.39, 0.29) is 36.9 Å². The summed E-state index contributed by atoms with van der Waals surface area (Å²) in [6, 6.07) is 12.5. The predicted molar refractivity (Wildman–Crippen MR) is 67.8 cm³/mol. The van der Waals surface area contributed by atoms with Crippen LogP contribution in [0.15, 0.2) is 36.4 Å². The minimum atomic E-state index is 0. The fourth-order valence-electron chi connectivity index (χ4n) is 1.49. The average Bonchev–Trinajstić information content (AvgIpc) is 2.59. The summed E-state index contributed by atoms with van der Waals surface area (Å²) in [6.07, 6.45) is 0.759. The van der Waals surface area contributed by atoms with Crippen molar-refractivity contribution in [2.45, 2.75) is 19.5 Å². The molecule has 0 unspecified atom stereocenters. The summed E-state index contributed by atoms with van der Waals surface area (Å²) in [4.78, 5) is 0. The van der Waals surface area contributed by atoms with Crippen LogP contribution >= 0.6 is 0 Å². The van der Waals surface area contributed by atoms with Crippen molar-refractivity contribution < 1.29 is 53.3 Å². The van der Waals surface area contributed by atoms with Crippen LogP contribution in [0, 0.1) is 0 Å². The van der Waals surface area contributed by atoms with E-state index in [1.165, 1.54) is 16.3 Å². The number of aliphatic hydroxyl groups is 1. The number of halogens is 2. The maximum absolute atomic E-state index is 8.74. The zero-order valence-corrected chi connectivity index (χ0v) is 15.6. The molecular weight excluding hydrogens is 362 g/mol. The molecule has 98 valence electrons. The zero-order valence-electron chi connectivity index (χ0n) is 10.6. The van der Waals surface area contributed by atoms with E-state index >= 15 is 0 Å². The molecule has 0 saturated heterocycles. The van der Waals surface area contributed by atoms with Crippen LogP contribution in [0.3, 0.4) is 0 Å². The van der Waals surface area contributed by atoms with Crippen molar-refractivity contribution in [2.75, 3.05) is 6.61 Å². The molecule has 0 spiro atoms. The second-order valence-corrected chi connectivity index (χ2v) is 13.3. The van der Waals surface area contributed by atoms with E-state index in [4.69, 9.17) is 5.11 Å². The first-order valence-electron chi connectivity index (χ1n) is 5.40. The third kappa shape index (κ3) is 7.81. The molecule has 2 rings (SSSR count). The number of hydrogen-bond donors (Lipinski definition) is 1. The Morgan fingerprint density at radius 3 is 2.28 bits per heavy atom. The standard InChI is InChI=1S/C11H11O.C2H6Si.2ClH.Zr/c12-6-5-9-7-10-3-1-2-4-11(10)8-9;1-3-2;;;/h1-4,7-8,12H,5-6H2;1-2H3;2*1H;/q-1;;;;+2/p-2. The summed E-state index contributed by atoms with van der Waals surface area (Å²) in [5.41, 5.74) is 1.43. The van der Waals surface area contributed by atoms with Crippen molar-refractivity contribution in [3.8, 4) is 0 Å². The van der Waals surface area contributed by atoms with Crippen LogP contribution in [-0.2, 0) is 29.8 Å². The maximum atomic E-state index is 8.74. The molecule has 0 bridgehead atoms. The van der Waals surface area contributed by atoms with Gasteiger partial charge in [-0.1, -0.05) is 6.07 Å². The molecule has 0 radical (unpaired) electrons. The Morgan fingerprint density at radius 1 is 1.22 bits per heavy atom. The zero-order chi connectivity index (χ0) is 12.0. The summed E-state index contributed by atoms with van der Waals surface area (Å²) >= 11 is 1.74. The van der Waals surface area contributed by atoms with Gasteiger partial charge in [-0.25, -0.2) is 0 Å². The molecule has 2 aromatic carbocycles. The molecule has 5 heteroatoms. The smallest absolute Gasteiger partial charge is 0.0455 e. The molecule has 0 aliphatic rings. The maximum Gasteiger partial charge on any atom is 0.0455 e. The van der Waals surface area contributed by atoms with Crippen LogP contribution < -0.4 is 24.8 Å². The van der Waals surface area contributed by atoms with Gasteiger partial charge in [0.1, 0.15) is 0 Å². The van der Waals surface area contributed by atoms with E-state index in [0.717, 1.165) is 6.42 Å². The molecule has 0 aromatic heterocycles. The van der Waals surface area contributed by atoms with E-state index in [9.17, 15) is 0 Å². The molecule has 2 aromatic rings. The molecule has 0 aliphatic carbocycles. The topological polar surface area (TPSA) is 20.2 Å². The van der Waals surface area contributed by atoms with Crippen molar-refractivity contribution in [1.82, 2.24) is 0 Å². The Morgan fingerprint density at radius 2 is 1.78 bits per heavy atom. The molecule has 0 aliphatic heterocycles. The quantitative estimate of drug-likeness (QED) is 0.433. The minimum Gasteiger partial charge on any atom is -1.00 e. The fraction of sp³-hybridized carbons (Fsp3) is 0.308. The summed E-state index contributed by atoms with van der Waals surface area (Å²) in [6.45, 7) is 4.85. The fourth-order valence-corrected chi connectivity index (χ4v) is 1.49. The van der Waals surface area contributed by atoms with Gasteiger partial charge in [0.2, 0.25) is 0 Å². The predicted octanol–water partition coefficient (Wildman–Crippen LogP) is -3.11. The third-order valence-corrected chi connectivity index (χ3v) is 2.08. The van der Waals surface area contributed by atoms with Gasteiger partial charge >= 0.3 is 41.9 Å². The Hall–Kier alpha value is 0.470. The molecule has 0 amide bonds. The van der Waals surface area contributed by atoms with Crippen LogP contribution in [-0.4, -0.2) is 17.1 Å². The normalized spacial score (nSPS) is 8.72. The van der Waals surface area contributed by atoms with Crippen LogP contribution in [0.2, 0.25) is 13.1 Å². The summed E-state index contributed by atoms with van der Waals surface area (Å²) < 4.78 is 0. The first-order valence-corrected chi connectivity index (χ1v) is 11.6. The molecule has 18 heavy (non-hydrogen) atoms. The van der Waals surface area contributed by atoms with Crippen LogP contribution in [0.4, 0.5) is 0 Å². The van der Waals surface area contributed by atoms with Gasteiger partial charge in [0.25, 0.3) is 0 Å². The Labute approximate surface area is 137 Å². The van der Waals surface area contributed by atoms with Crippen molar-refractivity contribution >= 4 is 16.2 Å². The summed E-state index contributed by atoms with van der Waals surface area (Å²) in [5, 5.41) is 11.3. The third-order valence-electron chi connectivity index (χ3n) is 2.08. The largest absolute Gasteiger partial charge is 1.00 e. The van der Waals surface area contributed by atoms with Gasteiger partial charge in [-0.2, -0.15) is 6.07 Å². The molecule has 1 nitrogen and oxygen atoms in total. The SMILES string of the molecule is C[Si](C)=[Zr+2].OCCc1cc2ccccc2[cH-]1.[Cl-].[Cl-]. The van der Waals surface area contributed by atoms with E-state index in [1.54, 1.807) is 23.3 Å². The van der Waals surface area contributed by atoms with E-state index in [2.05, 4.69) is 37.4 Å². The van der Waals surface area contributed by atoms with Crippen LogP contribution in [0.1, 0.15) is 5.56 Å². The average molecular weight is 379 g/mol. The van der Waals surface area contributed by atoms with Gasteiger partial charge < -0.3 is 29.9 Å². The number of aliphatic hydroxyl groups excluding tert-OH is 1. The first-order chi connectivity index (χ1) is 7.63. The molecule has 0 atom stereocenters. The van der Waals surface area contributed by atoms with E-state index in [0.29, 0.717) is 0 Å². The summed E-state index contributed by atoms with van der Waals surface area (Å²) in [5.74, 6) is 0. The Kier molecular flexibility index (Phi) is 13.1. The molecule has 0 heterocycles. The van der Waals surface area contributed by atoms with Crippen molar-refractivity contribution in [1.29, 1.82) is 0 Å². The van der Waals surface area contributed by atoms with Gasteiger partial charge in [0.05, 0.1) is 0 Å². The van der Waals surface area contributed by atoms with Crippen molar-refractivity contribution in [3.63, 3.8) is 0 Å². The number of hydrogen-bond acceptors (Lipinski definition) is 1. The minimum absolute atomic E-state index is 0. The van der Waals surface area contributed by atoms with Crippen LogP contribution in [0.5, 0.6) is 0 Å². The van der Waals surface area contributed by atoms with Gasteiger partial charge in [0, 0.05) is 6.61 Å². The molecule has 1 N–H and O–H groups in total. The Bertz CT molecular complexity index is 434. The van der Waals surface area contributed by atoms with Gasteiger partial charge in [-0.15, -0.1) is 40.6 Å². The molecular formula is C13H17Cl2OSiZr-. The summed E-state index contributed by atoms with van der Waals surface area (Å²) in [7, 11) is 0. The monoisotopic (exact) mass is 377 g/mol. The van der Waals surface area contributed by atoms with E-state index in [1.807, 2.05) is 12.1 Å². The first kappa shape index (κ1) is 20.8. The van der Waals surface area contributed by atoms with Gasteiger partial charge in [0.15, 0.2) is 0 Å². The van der Waals surface area contributed by atoms with Crippen LogP contribution in [0.25, 0.3) is 10.8 Å². The van der Waals surface area contributed by atoms with Crippen molar-refractivity contribution in [2.24, 2.45) is 0 Å². The second-order valence-electron chi connectivity index (χ2n) is 3.97.